The third-order valence-corrected chi connectivity index (χ3v) is 2.56. The zero-order valence-corrected chi connectivity index (χ0v) is 10.7. The summed E-state index contributed by atoms with van der Waals surface area (Å²) >= 11 is 2.57. The Hall–Kier alpha value is -1.13. The van der Waals surface area contributed by atoms with E-state index in [9.17, 15) is 35.1 Å². The molecule has 0 radical (unpaired) electrons. The Morgan fingerprint density at radius 1 is 1.15 bits per heavy atom. The van der Waals surface area contributed by atoms with Gasteiger partial charge in [0.2, 0.25) is 5.88 Å². The molecule has 0 aromatic carbocycles. The Labute approximate surface area is 114 Å². The van der Waals surface area contributed by atoms with Gasteiger partial charge in [-0.05, 0) is 0 Å². The standard InChI is InChI=1S/C9H4BrF8NO/c10-2-3-4(8(13,14)15)1-5(20-9(16,17)18)19-6(3)7(11)12/h1,7H,2H2. The van der Waals surface area contributed by atoms with Crippen molar-refractivity contribution in [2.45, 2.75) is 24.3 Å². The lowest BCUT2D eigenvalue weighted by Crippen LogP contribution is -2.20. The zero-order chi connectivity index (χ0) is 15.7. The maximum atomic E-state index is 12.7. The second-order valence-electron chi connectivity index (χ2n) is 3.35. The average Bonchev–Trinajstić information content (AvgIpc) is 2.24. The van der Waals surface area contributed by atoms with Gasteiger partial charge < -0.3 is 4.74 Å². The molecule has 1 aromatic heterocycles. The van der Waals surface area contributed by atoms with Crippen LogP contribution in [0.25, 0.3) is 0 Å². The minimum atomic E-state index is -5.34. The lowest BCUT2D eigenvalue weighted by atomic mass is 10.1. The molecule has 0 N–H and O–H groups in total. The SMILES string of the molecule is FC(F)c1nc(OC(F)(F)F)cc(C(F)(F)F)c1CBr. The molecule has 1 rings (SSSR count). The smallest absolute Gasteiger partial charge is 0.388 e. The molecule has 2 nitrogen and oxygen atoms in total. The van der Waals surface area contributed by atoms with E-state index in [-0.39, 0.29) is 6.07 Å². The quantitative estimate of drug-likeness (QED) is 0.559. The largest absolute Gasteiger partial charge is 0.574 e. The average molecular weight is 374 g/mol. The van der Waals surface area contributed by atoms with Crippen molar-refractivity contribution in [1.82, 2.24) is 4.98 Å². The minimum Gasteiger partial charge on any atom is -0.388 e. The van der Waals surface area contributed by atoms with Crippen LogP contribution in [0.2, 0.25) is 0 Å². The van der Waals surface area contributed by atoms with Crippen LogP contribution >= 0.6 is 15.9 Å². The van der Waals surface area contributed by atoms with Gasteiger partial charge in [0, 0.05) is 17.0 Å². The van der Waals surface area contributed by atoms with Gasteiger partial charge in [-0.3, -0.25) is 0 Å². The molecule has 0 amide bonds. The molecule has 1 aromatic rings. The van der Waals surface area contributed by atoms with Gasteiger partial charge in [0.25, 0.3) is 6.43 Å². The minimum absolute atomic E-state index is 0.0734. The highest BCUT2D eigenvalue weighted by atomic mass is 79.9. The van der Waals surface area contributed by atoms with Crippen molar-refractivity contribution in [3.05, 3.63) is 22.9 Å². The summed E-state index contributed by atoms with van der Waals surface area (Å²) in [5.41, 5.74) is -4.03. The maximum absolute atomic E-state index is 12.7. The summed E-state index contributed by atoms with van der Waals surface area (Å²) in [6.45, 7) is 0. The number of hydrogen-bond donors (Lipinski definition) is 0. The Morgan fingerprint density at radius 2 is 1.70 bits per heavy atom. The van der Waals surface area contributed by atoms with Gasteiger partial charge in [-0.25, -0.2) is 13.8 Å². The first-order valence-corrected chi connectivity index (χ1v) is 5.78. The third kappa shape index (κ3) is 4.18. The molecule has 0 spiro atoms. The van der Waals surface area contributed by atoms with Crippen LogP contribution in [0.4, 0.5) is 35.1 Å². The number of halogens is 9. The highest BCUT2D eigenvalue weighted by molar-refractivity contribution is 9.08. The molecule has 20 heavy (non-hydrogen) atoms. The van der Waals surface area contributed by atoms with E-state index in [2.05, 4.69) is 25.7 Å². The van der Waals surface area contributed by atoms with Crippen LogP contribution in [0.15, 0.2) is 6.07 Å². The zero-order valence-electron chi connectivity index (χ0n) is 9.12. The molecule has 0 aliphatic carbocycles. The Morgan fingerprint density at radius 3 is 2.05 bits per heavy atom. The van der Waals surface area contributed by atoms with E-state index in [1.807, 2.05) is 0 Å². The molecular formula is C9H4BrF8NO. The molecule has 1 heterocycles. The molecule has 0 saturated carbocycles. The third-order valence-electron chi connectivity index (χ3n) is 2.00. The van der Waals surface area contributed by atoms with Crippen molar-refractivity contribution < 1.29 is 39.9 Å². The number of aromatic nitrogens is 1. The van der Waals surface area contributed by atoms with E-state index >= 15 is 0 Å². The fourth-order valence-corrected chi connectivity index (χ4v) is 1.90. The number of nitrogens with zero attached hydrogens (tertiary/aromatic N) is 1. The van der Waals surface area contributed by atoms with Gasteiger partial charge >= 0.3 is 12.5 Å². The Kier molecular flexibility index (Phi) is 4.82. The normalized spacial score (nSPS) is 12.9. The fourth-order valence-electron chi connectivity index (χ4n) is 1.31. The molecule has 0 aliphatic heterocycles. The van der Waals surface area contributed by atoms with Crippen molar-refractivity contribution in [2.75, 3.05) is 0 Å². The summed E-state index contributed by atoms with van der Waals surface area (Å²) < 4.78 is 102. The first-order valence-electron chi connectivity index (χ1n) is 4.66. The summed E-state index contributed by atoms with van der Waals surface area (Å²) in [7, 11) is 0. The van der Waals surface area contributed by atoms with E-state index in [0.717, 1.165) is 0 Å². The van der Waals surface area contributed by atoms with Crippen LogP contribution in [0.1, 0.15) is 23.2 Å². The molecule has 114 valence electrons. The van der Waals surface area contributed by atoms with Crippen LogP contribution in [0, 0.1) is 0 Å². The lowest BCUT2D eigenvalue weighted by Gasteiger charge is -2.17. The predicted molar refractivity (Wildman–Crippen MR) is 53.5 cm³/mol. The summed E-state index contributed by atoms with van der Waals surface area (Å²) in [5, 5.41) is -0.652. The summed E-state index contributed by atoms with van der Waals surface area (Å²) in [4.78, 5) is 2.78. The number of hydrogen-bond acceptors (Lipinski definition) is 2. The highest BCUT2D eigenvalue weighted by Gasteiger charge is 2.39. The van der Waals surface area contributed by atoms with Crippen LogP contribution in [0.3, 0.4) is 0 Å². The molecular weight excluding hydrogens is 370 g/mol. The first kappa shape index (κ1) is 16.9. The van der Waals surface area contributed by atoms with Crippen LogP contribution in [-0.4, -0.2) is 11.3 Å². The molecule has 0 fully saturated rings. The number of pyridine rings is 1. The molecule has 0 bridgehead atoms. The molecule has 0 atom stereocenters. The van der Waals surface area contributed by atoms with Gasteiger partial charge in [0.05, 0.1) is 5.56 Å². The van der Waals surface area contributed by atoms with Gasteiger partial charge in [0.15, 0.2) is 0 Å². The Balaban J connectivity index is 3.48. The summed E-state index contributed by atoms with van der Waals surface area (Å²) in [6.07, 6.45) is -14.0. The van der Waals surface area contributed by atoms with Gasteiger partial charge in [-0.1, -0.05) is 15.9 Å². The van der Waals surface area contributed by atoms with Gasteiger partial charge in [-0.2, -0.15) is 13.2 Å². The summed E-state index contributed by atoms with van der Waals surface area (Å²) in [5.74, 6) is -1.59. The van der Waals surface area contributed by atoms with Crippen molar-refractivity contribution in [1.29, 1.82) is 0 Å². The first-order chi connectivity index (χ1) is 8.95. The van der Waals surface area contributed by atoms with Crippen molar-refractivity contribution in [3.63, 3.8) is 0 Å². The highest BCUT2D eigenvalue weighted by Crippen LogP contribution is 2.39. The van der Waals surface area contributed by atoms with Crippen LogP contribution in [-0.2, 0) is 11.5 Å². The van der Waals surface area contributed by atoms with Crippen molar-refractivity contribution in [2.24, 2.45) is 0 Å². The predicted octanol–water partition coefficient (Wildman–Crippen LogP) is 4.83. The Bertz CT molecular complexity index is 484. The van der Waals surface area contributed by atoms with E-state index in [4.69, 9.17) is 0 Å². The van der Waals surface area contributed by atoms with Crippen LogP contribution in [0.5, 0.6) is 5.88 Å². The lowest BCUT2D eigenvalue weighted by molar-refractivity contribution is -0.276. The number of alkyl halides is 9. The van der Waals surface area contributed by atoms with Crippen molar-refractivity contribution in [3.8, 4) is 5.88 Å². The van der Waals surface area contributed by atoms with E-state index < -0.39 is 47.0 Å². The number of rotatable bonds is 3. The second kappa shape index (κ2) is 5.70. The molecule has 11 heteroatoms. The second-order valence-corrected chi connectivity index (χ2v) is 3.91. The van der Waals surface area contributed by atoms with E-state index in [1.165, 1.54) is 0 Å². The maximum Gasteiger partial charge on any atom is 0.574 e. The molecule has 0 unspecified atom stereocenters. The van der Waals surface area contributed by atoms with Gasteiger partial charge in [-0.15, -0.1) is 13.2 Å². The van der Waals surface area contributed by atoms with Crippen LogP contribution < -0.4 is 4.74 Å². The van der Waals surface area contributed by atoms with E-state index in [0.29, 0.717) is 0 Å². The van der Waals surface area contributed by atoms with Gasteiger partial charge in [0.1, 0.15) is 5.69 Å². The van der Waals surface area contributed by atoms with Crippen molar-refractivity contribution >= 4 is 15.9 Å². The topological polar surface area (TPSA) is 22.1 Å². The van der Waals surface area contributed by atoms with E-state index in [1.54, 1.807) is 0 Å². The summed E-state index contributed by atoms with van der Waals surface area (Å²) in [6, 6.07) is -0.0734. The number of ether oxygens (including phenoxy) is 1. The molecule has 0 aliphatic rings. The monoisotopic (exact) mass is 373 g/mol. The fraction of sp³-hybridized carbons (Fsp3) is 0.444. The molecule has 0 saturated heterocycles.